The fourth-order valence-corrected chi connectivity index (χ4v) is 3.49. The molecule has 0 spiro atoms. The van der Waals surface area contributed by atoms with Crippen LogP contribution in [0, 0.1) is 5.82 Å². The van der Waals surface area contributed by atoms with Crippen LogP contribution in [-0.4, -0.2) is 40.1 Å². The fourth-order valence-electron chi connectivity index (χ4n) is 3.49. The second kappa shape index (κ2) is 8.65. The Morgan fingerprint density at radius 1 is 1.22 bits per heavy atom. The van der Waals surface area contributed by atoms with Crippen LogP contribution in [0.25, 0.3) is 22.6 Å². The van der Waals surface area contributed by atoms with Crippen LogP contribution in [-0.2, 0) is 0 Å². The number of nitrogens with zero attached hydrogens (tertiary/aromatic N) is 2. The van der Waals surface area contributed by atoms with Crippen LogP contribution in [0.1, 0.15) is 31.5 Å². The monoisotopic (exact) mass is 394 g/mol. The van der Waals surface area contributed by atoms with Gasteiger partial charge in [0.25, 0.3) is 0 Å². The van der Waals surface area contributed by atoms with E-state index in [-0.39, 0.29) is 23.6 Å². The number of piperidine rings is 1. The van der Waals surface area contributed by atoms with Gasteiger partial charge in [0.1, 0.15) is 11.5 Å². The van der Waals surface area contributed by atoms with Crippen molar-refractivity contribution in [3.05, 3.63) is 42.1 Å². The van der Waals surface area contributed by atoms with E-state index in [0.717, 1.165) is 47.9 Å². The van der Waals surface area contributed by atoms with Gasteiger partial charge in [0.15, 0.2) is 11.6 Å². The lowest BCUT2D eigenvalue weighted by atomic mass is 9.92. The average molecular weight is 395 g/mol. The smallest absolute Gasteiger partial charge is 0.165 e. The summed E-state index contributed by atoms with van der Waals surface area (Å²) in [6, 6.07) is 7.33. The lowest BCUT2D eigenvalue weighted by Gasteiger charge is -2.27. The quantitative estimate of drug-likeness (QED) is 0.713. The van der Waals surface area contributed by atoms with E-state index in [4.69, 9.17) is 4.74 Å². The van der Waals surface area contributed by atoms with E-state index in [1.165, 1.54) is 13.2 Å². The highest BCUT2D eigenvalue weighted by Crippen LogP contribution is 2.32. The maximum Gasteiger partial charge on any atom is 0.165 e. The maximum absolute atomic E-state index is 14.0. The number of H-pyrrole nitrogens is 1. The van der Waals surface area contributed by atoms with Gasteiger partial charge in [-0.2, -0.15) is 0 Å². The van der Waals surface area contributed by atoms with E-state index in [1.54, 1.807) is 12.3 Å². The normalized spacial score (nSPS) is 19.2. The molecule has 0 aliphatic carbocycles. The molecule has 0 amide bonds. The highest BCUT2D eigenvalue weighted by Gasteiger charge is 2.23. The van der Waals surface area contributed by atoms with Crippen molar-refractivity contribution >= 4 is 12.4 Å². The molecule has 3 heterocycles. The number of hydrogen-bond acceptors (Lipinski definition) is 4. The molecule has 0 radical (unpaired) electrons. The summed E-state index contributed by atoms with van der Waals surface area (Å²) in [5.41, 5.74) is 3.17. The number of nitrogens with one attached hydrogen (secondary N) is 2. The topological polar surface area (TPSA) is 94.3 Å². The Morgan fingerprint density at radius 2 is 2.04 bits per heavy atom. The van der Waals surface area contributed by atoms with Crippen molar-refractivity contribution in [1.82, 2.24) is 20.3 Å². The number of aromatic amines is 1. The summed E-state index contributed by atoms with van der Waals surface area (Å²) in [6.45, 7) is 3.21. The molecule has 1 fully saturated rings. The number of aromatic nitrogens is 3. The molecule has 2 atom stereocenters. The van der Waals surface area contributed by atoms with Crippen LogP contribution in [0.5, 0.6) is 5.75 Å². The van der Waals surface area contributed by atoms with Crippen LogP contribution < -0.4 is 10.1 Å². The van der Waals surface area contributed by atoms with Crippen molar-refractivity contribution < 1.29 is 14.6 Å². The molecule has 0 saturated carbocycles. The van der Waals surface area contributed by atoms with Crippen LogP contribution in [0.15, 0.2) is 30.5 Å². The van der Waals surface area contributed by atoms with Gasteiger partial charge in [0, 0.05) is 17.5 Å². The zero-order valence-electron chi connectivity index (χ0n) is 15.3. The van der Waals surface area contributed by atoms with Gasteiger partial charge in [-0.15, -0.1) is 12.4 Å². The third-order valence-corrected chi connectivity index (χ3v) is 4.84. The van der Waals surface area contributed by atoms with Gasteiger partial charge >= 0.3 is 0 Å². The maximum atomic E-state index is 14.0. The van der Waals surface area contributed by atoms with Crippen molar-refractivity contribution in [1.29, 1.82) is 0 Å². The first-order chi connectivity index (χ1) is 12.1. The number of methoxy groups -OCH3 is 1. The van der Waals surface area contributed by atoms with Crippen LogP contribution in [0.3, 0.4) is 0 Å². The number of halogens is 2. The lowest BCUT2D eigenvalue weighted by molar-refractivity contribution is 0.371. The van der Waals surface area contributed by atoms with Crippen LogP contribution in [0.2, 0.25) is 0 Å². The summed E-state index contributed by atoms with van der Waals surface area (Å²) in [5.74, 6) is 1.27. The molecule has 8 heteroatoms. The van der Waals surface area contributed by atoms with Gasteiger partial charge in [-0.05, 0) is 50.6 Å². The molecule has 1 aromatic carbocycles. The molecule has 4 N–H and O–H groups in total. The standard InChI is InChI=1S/C19H21FN4O.ClH.H2O/c1-11-7-13(5-6-21-11)19-22-10-17-16(24-19)9-15(23-17)12-3-4-18(25-2)14(20)8-12;;/h3-4,8-11,13,21H,5-7H2,1-2H3,(H,22,24);1H;1H2. The van der Waals surface area contributed by atoms with Gasteiger partial charge < -0.3 is 20.5 Å². The Balaban J connectivity index is 0.00000131. The summed E-state index contributed by atoms with van der Waals surface area (Å²) in [6.07, 6.45) is 3.95. The van der Waals surface area contributed by atoms with Crippen molar-refractivity contribution in [2.24, 2.45) is 0 Å². The van der Waals surface area contributed by atoms with Gasteiger partial charge in [-0.25, -0.2) is 14.4 Å². The summed E-state index contributed by atoms with van der Waals surface area (Å²) < 4.78 is 18.9. The van der Waals surface area contributed by atoms with Crippen molar-refractivity contribution in [3.63, 3.8) is 0 Å². The minimum atomic E-state index is -0.390. The molecule has 4 rings (SSSR count). The van der Waals surface area contributed by atoms with E-state index < -0.39 is 5.82 Å². The molecule has 1 saturated heterocycles. The number of hydrogen-bond donors (Lipinski definition) is 2. The summed E-state index contributed by atoms with van der Waals surface area (Å²) >= 11 is 0. The second-order valence-electron chi connectivity index (χ2n) is 6.63. The molecule has 0 aromatic heterocycles. The predicted octanol–water partition coefficient (Wildman–Crippen LogP) is 3.18. The van der Waals surface area contributed by atoms with E-state index in [9.17, 15) is 4.39 Å². The average Bonchev–Trinajstić information content (AvgIpc) is 3.05. The minimum absolute atomic E-state index is 0. The zero-order valence-corrected chi connectivity index (χ0v) is 16.1. The van der Waals surface area contributed by atoms with E-state index >= 15 is 0 Å². The first-order valence-electron chi connectivity index (χ1n) is 8.57. The molecule has 6 nitrogen and oxygen atoms in total. The van der Waals surface area contributed by atoms with Crippen molar-refractivity contribution in [3.8, 4) is 28.4 Å². The van der Waals surface area contributed by atoms with Crippen LogP contribution in [0.4, 0.5) is 4.39 Å². The molecule has 0 bridgehead atoms. The first-order valence-corrected chi connectivity index (χ1v) is 8.57. The summed E-state index contributed by atoms with van der Waals surface area (Å²) in [5, 5.41) is 3.46. The van der Waals surface area contributed by atoms with Crippen molar-refractivity contribution in [2.45, 2.75) is 31.7 Å². The fraction of sp³-hybridized carbons (Fsp3) is 0.368. The highest BCUT2D eigenvalue weighted by molar-refractivity contribution is 5.85. The second-order valence-corrected chi connectivity index (χ2v) is 6.63. The molecule has 2 unspecified atom stereocenters. The molecule has 1 aromatic rings. The van der Waals surface area contributed by atoms with Crippen LogP contribution >= 0.6 is 12.4 Å². The van der Waals surface area contributed by atoms with Gasteiger partial charge in [0.05, 0.1) is 24.7 Å². The Labute approximate surface area is 163 Å². The third kappa shape index (κ3) is 4.21. The number of benzene rings is 1. The molecule has 146 valence electrons. The van der Waals surface area contributed by atoms with Crippen molar-refractivity contribution in [2.75, 3.05) is 13.7 Å². The molecular weight excluding hydrogens is 371 g/mol. The Hall–Kier alpha value is -2.22. The Morgan fingerprint density at radius 3 is 2.74 bits per heavy atom. The molecule has 3 aliphatic heterocycles. The zero-order chi connectivity index (χ0) is 17.4. The summed E-state index contributed by atoms with van der Waals surface area (Å²) in [7, 11) is 1.46. The molecule has 3 aliphatic rings. The predicted molar refractivity (Wildman–Crippen MR) is 105 cm³/mol. The largest absolute Gasteiger partial charge is 0.494 e. The first kappa shape index (κ1) is 21.1. The highest BCUT2D eigenvalue weighted by atomic mass is 35.5. The summed E-state index contributed by atoms with van der Waals surface area (Å²) in [4.78, 5) is 12.6. The Bertz CT molecular complexity index is 873. The van der Waals surface area contributed by atoms with E-state index in [0.29, 0.717) is 12.0 Å². The lowest BCUT2D eigenvalue weighted by Crippen LogP contribution is -2.35. The van der Waals surface area contributed by atoms with Gasteiger partial charge in [0.2, 0.25) is 0 Å². The van der Waals surface area contributed by atoms with Gasteiger partial charge in [-0.1, -0.05) is 0 Å². The molecular formula is C19H24ClFN4O2. The number of fused-ring (bicyclic) bond motifs is 1. The SMILES string of the molecule is COc1ccc(-c2cc3[nH]c(C4CCNC(C)C4)ncc-3n2)cc1F.Cl.O. The Kier molecular flexibility index (Phi) is 6.75. The van der Waals surface area contributed by atoms with E-state index in [1.807, 2.05) is 12.1 Å². The molecule has 27 heavy (non-hydrogen) atoms. The third-order valence-electron chi connectivity index (χ3n) is 4.84. The number of ether oxygens (including phenoxy) is 1. The minimum Gasteiger partial charge on any atom is -0.494 e. The number of rotatable bonds is 3. The van der Waals surface area contributed by atoms with Gasteiger partial charge in [-0.3, -0.25) is 0 Å². The van der Waals surface area contributed by atoms with E-state index in [2.05, 4.69) is 27.2 Å².